The largest absolute Gasteiger partial charge is 0.396 e. The van der Waals surface area contributed by atoms with E-state index in [4.69, 9.17) is 5.73 Å². The van der Waals surface area contributed by atoms with Crippen molar-refractivity contribution in [1.82, 2.24) is 16.0 Å². The molecule has 42 heavy (non-hydrogen) atoms. The predicted molar refractivity (Wildman–Crippen MR) is 172 cm³/mol. The summed E-state index contributed by atoms with van der Waals surface area (Å²) in [7, 11) is 0. The molecule has 1 saturated heterocycles. The summed E-state index contributed by atoms with van der Waals surface area (Å²) in [5.41, 5.74) is 16.6. The molecule has 0 bridgehead atoms. The van der Waals surface area contributed by atoms with Crippen molar-refractivity contribution in [1.29, 1.82) is 0 Å². The summed E-state index contributed by atoms with van der Waals surface area (Å²) < 4.78 is 0. The molecule has 7 N–H and O–H groups in total. The minimum atomic E-state index is -0.0663. The van der Waals surface area contributed by atoms with E-state index in [1.54, 1.807) is 0 Å². The van der Waals surface area contributed by atoms with E-state index in [1.165, 1.54) is 27.8 Å². The molecule has 212 valence electrons. The number of rotatable bonds is 5. The van der Waals surface area contributed by atoms with Crippen LogP contribution in [0.1, 0.15) is 24.5 Å². The highest BCUT2D eigenvalue weighted by atomic mass is 15.4. The van der Waals surface area contributed by atoms with Crippen LogP contribution in [-0.2, 0) is 6.42 Å². The van der Waals surface area contributed by atoms with Crippen LogP contribution >= 0.6 is 0 Å². The van der Waals surface area contributed by atoms with Gasteiger partial charge in [0.25, 0.3) is 0 Å². The van der Waals surface area contributed by atoms with Gasteiger partial charge >= 0.3 is 0 Å². The van der Waals surface area contributed by atoms with Crippen LogP contribution in [0.4, 0.5) is 0 Å². The molecule has 0 spiro atoms. The Bertz CT molecular complexity index is 1590. The predicted octanol–water partition coefficient (Wildman–Crippen LogP) is 4.30. The first kappa shape index (κ1) is 26.7. The molecule has 0 aromatic heterocycles. The second kappa shape index (κ2) is 11.6. The second-order valence-electron chi connectivity index (χ2n) is 11.9. The summed E-state index contributed by atoms with van der Waals surface area (Å²) in [6, 6.07) is 8.96. The third-order valence-electron chi connectivity index (χ3n) is 9.13. The minimum absolute atomic E-state index is 0.0293. The number of dihydropyridines is 1. The molecule has 6 atom stereocenters. The molecule has 7 rings (SSSR count). The molecule has 6 aliphatic rings. The van der Waals surface area contributed by atoms with Crippen molar-refractivity contribution >= 4 is 6.08 Å². The summed E-state index contributed by atoms with van der Waals surface area (Å²) in [6.45, 7) is 2.14. The van der Waals surface area contributed by atoms with Crippen molar-refractivity contribution in [2.24, 2.45) is 17.6 Å². The maximum absolute atomic E-state index is 6.84. The van der Waals surface area contributed by atoms with Crippen molar-refractivity contribution in [2.75, 3.05) is 0 Å². The molecule has 1 aromatic carbocycles. The van der Waals surface area contributed by atoms with Crippen molar-refractivity contribution in [3.8, 4) is 0 Å². The summed E-state index contributed by atoms with van der Waals surface area (Å²) in [5.74, 6) is 0.841. The van der Waals surface area contributed by atoms with Gasteiger partial charge in [-0.05, 0) is 59.8 Å². The lowest BCUT2D eigenvalue weighted by Crippen LogP contribution is -3.05. The first-order valence-corrected chi connectivity index (χ1v) is 15.2. The van der Waals surface area contributed by atoms with Gasteiger partial charge in [0, 0.05) is 23.1 Å². The Hall–Kier alpha value is -4.16. The van der Waals surface area contributed by atoms with Crippen molar-refractivity contribution in [2.45, 2.75) is 44.3 Å². The smallest absolute Gasteiger partial charge is 0.183 e. The fraction of sp³-hybridized carbons (Fsp3) is 0.243. The van der Waals surface area contributed by atoms with Crippen molar-refractivity contribution in [3.63, 3.8) is 0 Å². The van der Waals surface area contributed by atoms with Crippen LogP contribution < -0.4 is 27.0 Å². The van der Waals surface area contributed by atoms with E-state index in [9.17, 15) is 0 Å². The quantitative estimate of drug-likeness (QED) is 0.352. The Labute approximate surface area is 249 Å². The monoisotopic (exact) mass is 554 g/mol. The van der Waals surface area contributed by atoms with Gasteiger partial charge in [0.1, 0.15) is 0 Å². The minimum Gasteiger partial charge on any atom is -0.396 e. The average Bonchev–Trinajstić information content (AvgIpc) is 3.06. The number of allylic oxidation sites excluding steroid dienone is 13. The number of aryl methyl sites for hydroxylation is 1. The molecule has 4 aliphatic carbocycles. The second-order valence-corrected chi connectivity index (χ2v) is 11.9. The highest BCUT2D eigenvalue weighted by Gasteiger charge is 2.36. The number of fused-ring (bicyclic) bond motifs is 3. The summed E-state index contributed by atoms with van der Waals surface area (Å²) in [5, 5.41) is 13.7. The molecule has 5 nitrogen and oxygen atoms in total. The third-order valence-corrected chi connectivity index (χ3v) is 9.13. The van der Waals surface area contributed by atoms with Gasteiger partial charge in [0.2, 0.25) is 0 Å². The van der Waals surface area contributed by atoms with Gasteiger partial charge < -0.3 is 16.4 Å². The highest BCUT2D eigenvalue weighted by Crippen LogP contribution is 2.30. The fourth-order valence-corrected chi connectivity index (χ4v) is 6.63. The lowest BCUT2D eigenvalue weighted by atomic mass is 9.82. The van der Waals surface area contributed by atoms with Crippen LogP contribution in [0.15, 0.2) is 149 Å². The average molecular weight is 555 g/mol. The molecular formula is C37H40N5+. The maximum Gasteiger partial charge on any atom is 0.183 e. The molecule has 2 aliphatic heterocycles. The third kappa shape index (κ3) is 5.51. The summed E-state index contributed by atoms with van der Waals surface area (Å²) in [6.07, 6.45) is 37.5. The standard InChI is InChI=1S/C37H39N5/c1-24(33-21-19-27-10-6-7-13-34(27)39-33)14-20-32(38)37-41-35(30-17-15-25-8-2-4-11-28(25)22-30)40-36(42-37)31-18-16-26-9-3-5-12-29(26)23-31/h2-15,17,19-23,25,28,34-37,39-42H,16,18,38H2,1H3/p+1/b24-14+,32-20-. The topological polar surface area (TPSA) is 78.7 Å². The molecular weight excluding hydrogens is 514 g/mol. The zero-order valence-corrected chi connectivity index (χ0v) is 24.1. The molecule has 6 unspecified atom stereocenters. The summed E-state index contributed by atoms with van der Waals surface area (Å²) >= 11 is 0. The van der Waals surface area contributed by atoms with E-state index < -0.39 is 0 Å². The number of hydrogen-bond donors (Lipinski definition) is 5. The van der Waals surface area contributed by atoms with Gasteiger partial charge in [-0.2, -0.15) is 0 Å². The van der Waals surface area contributed by atoms with Crippen LogP contribution in [0.3, 0.4) is 0 Å². The van der Waals surface area contributed by atoms with Gasteiger partial charge in [-0.25, -0.2) is 10.6 Å². The van der Waals surface area contributed by atoms with E-state index in [1.807, 2.05) is 0 Å². The van der Waals surface area contributed by atoms with E-state index in [2.05, 4.69) is 150 Å². The lowest BCUT2D eigenvalue weighted by Gasteiger charge is -2.39. The number of benzene rings is 1. The van der Waals surface area contributed by atoms with E-state index in [0.29, 0.717) is 11.8 Å². The Morgan fingerprint density at radius 1 is 0.881 bits per heavy atom. The van der Waals surface area contributed by atoms with E-state index >= 15 is 0 Å². The van der Waals surface area contributed by atoms with Crippen LogP contribution in [0, 0.1) is 11.8 Å². The number of nitrogens with two attached hydrogens (primary N) is 2. The molecule has 0 amide bonds. The van der Waals surface area contributed by atoms with E-state index in [0.717, 1.165) is 29.8 Å². The Kier molecular flexibility index (Phi) is 7.39. The molecule has 2 heterocycles. The Morgan fingerprint density at radius 2 is 1.74 bits per heavy atom. The number of hydrogen-bond acceptors (Lipinski definition) is 4. The fourth-order valence-electron chi connectivity index (χ4n) is 6.63. The van der Waals surface area contributed by atoms with Gasteiger partial charge in [-0.3, -0.25) is 0 Å². The van der Waals surface area contributed by atoms with Gasteiger partial charge in [-0.1, -0.05) is 109 Å². The Morgan fingerprint density at radius 3 is 2.67 bits per heavy atom. The van der Waals surface area contributed by atoms with Crippen LogP contribution in [0.25, 0.3) is 6.08 Å². The Balaban J connectivity index is 1.15. The van der Waals surface area contributed by atoms with Crippen LogP contribution in [0.2, 0.25) is 0 Å². The lowest BCUT2D eigenvalue weighted by molar-refractivity contribution is -0.725. The van der Waals surface area contributed by atoms with Gasteiger partial charge in [0.15, 0.2) is 12.3 Å². The van der Waals surface area contributed by atoms with Gasteiger partial charge in [0.05, 0.1) is 17.9 Å². The van der Waals surface area contributed by atoms with Crippen molar-refractivity contribution < 1.29 is 5.32 Å². The highest BCUT2D eigenvalue weighted by molar-refractivity contribution is 5.60. The van der Waals surface area contributed by atoms with Gasteiger partial charge in [-0.15, -0.1) is 0 Å². The SMILES string of the molecule is C/C(=C\C=C(/N)C1NC(C2=Cc3ccccc3CC2)NC(C2=CC3C=CC=CC3C=C2)[NH2+]1)C1=CC=C2C=CC=CC2N1. The molecule has 1 fully saturated rings. The molecule has 5 heteroatoms. The van der Waals surface area contributed by atoms with Crippen LogP contribution in [0.5, 0.6) is 0 Å². The molecule has 0 saturated carbocycles. The maximum atomic E-state index is 6.84. The zero-order chi connectivity index (χ0) is 28.5. The zero-order valence-electron chi connectivity index (χ0n) is 24.1. The first-order valence-electron chi connectivity index (χ1n) is 15.2. The first-order chi connectivity index (χ1) is 20.6. The van der Waals surface area contributed by atoms with E-state index in [-0.39, 0.29) is 24.5 Å². The van der Waals surface area contributed by atoms with Crippen LogP contribution in [-0.4, -0.2) is 24.5 Å². The number of nitrogens with one attached hydrogen (secondary N) is 3. The molecule has 0 radical (unpaired) electrons. The number of quaternary nitrogens is 1. The van der Waals surface area contributed by atoms with Crippen molar-refractivity contribution in [3.05, 3.63) is 160 Å². The normalized spacial score (nSPS) is 31.6. The molecule has 1 aromatic rings. The summed E-state index contributed by atoms with van der Waals surface area (Å²) in [4.78, 5) is 0.